The highest BCUT2D eigenvalue weighted by molar-refractivity contribution is 6.03. The molecule has 0 amide bonds. The number of aromatic amines is 2. The van der Waals surface area contributed by atoms with Gasteiger partial charge in [-0.1, -0.05) is 18.2 Å². The first kappa shape index (κ1) is 12.0. The maximum absolute atomic E-state index is 10.9. The molecule has 0 atom stereocenters. The fourth-order valence-corrected chi connectivity index (χ4v) is 1.94. The van der Waals surface area contributed by atoms with Gasteiger partial charge < -0.3 is 15.2 Å². The Bertz CT molecular complexity index is 816. The standard InChI is InChI=1S/C13H10N4O3/c18-12-8(7-3-1-2-4-10(7)16-12)5-14-11-9(13(19)20)6-15-17-11/h1-6,16,18H,(H,15,17)(H,19,20)/b14-5+. The number of hydrogen-bond donors (Lipinski definition) is 4. The van der Waals surface area contributed by atoms with Gasteiger partial charge >= 0.3 is 5.97 Å². The summed E-state index contributed by atoms with van der Waals surface area (Å²) in [6.07, 6.45) is 2.58. The van der Waals surface area contributed by atoms with Crippen molar-refractivity contribution in [1.82, 2.24) is 15.2 Å². The lowest BCUT2D eigenvalue weighted by Crippen LogP contribution is -1.93. The zero-order valence-corrected chi connectivity index (χ0v) is 10.2. The summed E-state index contributed by atoms with van der Waals surface area (Å²) in [5.41, 5.74) is 1.24. The minimum atomic E-state index is -1.12. The number of hydrogen-bond acceptors (Lipinski definition) is 4. The number of nitrogens with zero attached hydrogens (tertiary/aromatic N) is 2. The number of rotatable bonds is 3. The van der Waals surface area contributed by atoms with Crippen molar-refractivity contribution in [3.05, 3.63) is 41.6 Å². The number of para-hydroxylation sites is 1. The van der Waals surface area contributed by atoms with Crippen molar-refractivity contribution >= 4 is 28.9 Å². The number of fused-ring (bicyclic) bond motifs is 1. The van der Waals surface area contributed by atoms with Gasteiger partial charge in [0.25, 0.3) is 0 Å². The van der Waals surface area contributed by atoms with Crippen LogP contribution in [0.5, 0.6) is 5.88 Å². The van der Waals surface area contributed by atoms with Gasteiger partial charge in [0.2, 0.25) is 0 Å². The Hall–Kier alpha value is -3.09. The molecule has 1 aromatic carbocycles. The van der Waals surface area contributed by atoms with E-state index >= 15 is 0 Å². The maximum Gasteiger partial charge on any atom is 0.341 e. The van der Waals surface area contributed by atoms with Crippen molar-refractivity contribution in [2.75, 3.05) is 0 Å². The summed E-state index contributed by atoms with van der Waals surface area (Å²) < 4.78 is 0. The van der Waals surface area contributed by atoms with E-state index in [0.717, 1.165) is 10.9 Å². The van der Waals surface area contributed by atoms with Gasteiger partial charge in [-0.05, 0) is 6.07 Å². The van der Waals surface area contributed by atoms with Crippen LogP contribution in [-0.2, 0) is 0 Å². The first-order chi connectivity index (χ1) is 9.66. The molecule has 4 N–H and O–H groups in total. The van der Waals surface area contributed by atoms with Gasteiger partial charge in [0, 0.05) is 17.1 Å². The Labute approximate surface area is 112 Å². The summed E-state index contributed by atoms with van der Waals surface area (Å²) in [6.45, 7) is 0. The van der Waals surface area contributed by atoms with Crippen LogP contribution >= 0.6 is 0 Å². The van der Waals surface area contributed by atoms with Gasteiger partial charge in [0.1, 0.15) is 5.56 Å². The van der Waals surface area contributed by atoms with Crippen LogP contribution in [0.4, 0.5) is 5.82 Å². The lowest BCUT2D eigenvalue weighted by atomic mass is 10.2. The van der Waals surface area contributed by atoms with Crippen molar-refractivity contribution in [2.24, 2.45) is 4.99 Å². The molecule has 100 valence electrons. The van der Waals surface area contributed by atoms with E-state index in [2.05, 4.69) is 20.2 Å². The Kier molecular flexibility index (Phi) is 2.72. The fraction of sp³-hybridized carbons (Fsp3) is 0. The van der Waals surface area contributed by atoms with Crippen molar-refractivity contribution in [3.8, 4) is 5.88 Å². The molecule has 0 aliphatic heterocycles. The van der Waals surface area contributed by atoms with Crippen LogP contribution in [0, 0.1) is 0 Å². The van der Waals surface area contributed by atoms with Crippen LogP contribution in [0.1, 0.15) is 15.9 Å². The van der Waals surface area contributed by atoms with Gasteiger partial charge in [-0.25, -0.2) is 9.79 Å². The molecule has 2 heterocycles. The number of carboxylic acid groups (broad SMARTS) is 1. The third kappa shape index (κ3) is 1.91. The molecule has 0 unspecified atom stereocenters. The summed E-state index contributed by atoms with van der Waals surface area (Å²) in [6, 6.07) is 7.34. The summed E-state index contributed by atoms with van der Waals surface area (Å²) in [5, 5.41) is 25.7. The second-order valence-corrected chi connectivity index (χ2v) is 4.13. The molecule has 3 aromatic rings. The average molecular weight is 270 g/mol. The number of benzene rings is 1. The van der Waals surface area contributed by atoms with Crippen molar-refractivity contribution in [3.63, 3.8) is 0 Å². The molecule has 0 bridgehead atoms. The Morgan fingerprint density at radius 2 is 2.15 bits per heavy atom. The zero-order valence-electron chi connectivity index (χ0n) is 10.2. The average Bonchev–Trinajstić information content (AvgIpc) is 3.00. The molecule has 0 saturated heterocycles. The molecule has 0 aliphatic carbocycles. The van der Waals surface area contributed by atoms with E-state index in [-0.39, 0.29) is 17.3 Å². The minimum Gasteiger partial charge on any atom is -0.494 e. The molecule has 20 heavy (non-hydrogen) atoms. The highest BCUT2D eigenvalue weighted by atomic mass is 16.4. The number of carbonyl (C=O) groups is 1. The van der Waals surface area contributed by atoms with E-state index in [1.54, 1.807) is 0 Å². The zero-order chi connectivity index (χ0) is 14.1. The van der Waals surface area contributed by atoms with E-state index in [4.69, 9.17) is 5.11 Å². The number of aromatic hydroxyl groups is 1. The molecule has 7 nitrogen and oxygen atoms in total. The number of aromatic nitrogens is 3. The summed E-state index contributed by atoms with van der Waals surface area (Å²) in [4.78, 5) is 17.8. The summed E-state index contributed by atoms with van der Waals surface area (Å²) >= 11 is 0. The van der Waals surface area contributed by atoms with E-state index in [1.807, 2.05) is 24.3 Å². The molecule has 0 spiro atoms. The largest absolute Gasteiger partial charge is 0.494 e. The molecule has 0 saturated carbocycles. The van der Waals surface area contributed by atoms with Crippen LogP contribution in [-0.4, -0.2) is 37.6 Å². The third-order valence-electron chi connectivity index (χ3n) is 2.90. The lowest BCUT2D eigenvalue weighted by molar-refractivity contribution is 0.0698. The topological polar surface area (TPSA) is 114 Å². The van der Waals surface area contributed by atoms with E-state index in [9.17, 15) is 9.90 Å². The Morgan fingerprint density at radius 3 is 2.95 bits per heavy atom. The highest BCUT2D eigenvalue weighted by Crippen LogP contribution is 2.26. The number of aromatic carboxylic acids is 1. The third-order valence-corrected chi connectivity index (χ3v) is 2.90. The first-order valence-corrected chi connectivity index (χ1v) is 5.77. The van der Waals surface area contributed by atoms with E-state index < -0.39 is 5.97 Å². The van der Waals surface area contributed by atoms with Gasteiger partial charge in [0.15, 0.2) is 11.7 Å². The van der Waals surface area contributed by atoms with Crippen LogP contribution in [0.3, 0.4) is 0 Å². The molecule has 0 radical (unpaired) electrons. The molecular weight excluding hydrogens is 260 g/mol. The van der Waals surface area contributed by atoms with Crippen LogP contribution < -0.4 is 0 Å². The Balaban J connectivity index is 2.05. The van der Waals surface area contributed by atoms with E-state index in [1.165, 1.54) is 12.4 Å². The van der Waals surface area contributed by atoms with Gasteiger partial charge in [-0.3, -0.25) is 5.10 Å². The second kappa shape index (κ2) is 4.54. The van der Waals surface area contributed by atoms with Gasteiger partial charge in [-0.2, -0.15) is 5.10 Å². The number of carboxylic acids is 1. The molecule has 0 aliphatic rings. The first-order valence-electron chi connectivity index (χ1n) is 5.77. The quantitative estimate of drug-likeness (QED) is 0.545. The summed E-state index contributed by atoms with van der Waals surface area (Å²) in [7, 11) is 0. The van der Waals surface area contributed by atoms with Gasteiger partial charge in [0.05, 0.1) is 11.8 Å². The lowest BCUT2D eigenvalue weighted by Gasteiger charge is -1.93. The summed E-state index contributed by atoms with van der Waals surface area (Å²) in [5.74, 6) is -1.01. The number of H-pyrrole nitrogens is 2. The molecular formula is C13H10N4O3. The number of aliphatic imine (C=N–C) groups is 1. The monoisotopic (exact) mass is 270 g/mol. The fourth-order valence-electron chi connectivity index (χ4n) is 1.94. The van der Waals surface area contributed by atoms with E-state index in [0.29, 0.717) is 5.56 Å². The smallest absolute Gasteiger partial charge is 0.341 e. The normalized spacial score (nSPS) is 11.4. The van der Waals surface area contributed by atoms with Crippen LogP contribution in [0.25, 0.3) is 10.9 Å². The van der Waals surface area contributed by atoms with Crippen molar-refractivity contribution < 1.29 is 15.0 Å². The van der Waals surface area contributed by atoms with Crippen molar-refractivity contribution in [2.45, 2.75) is 0 Å². The van der Waals surface area contributed by atoms with Crippen molar-refractivity contribution in [1.29, 1.82) is 0 Å². The molecule has 2 aromatic heterocycles. The molecule has 3 rings (SSSR count). The SMILES string of the molecule is O=C(O)c1cn[nH]c1/N=C/c1c(O)[nH]c2ccccc12. The minimum absolute atomic E-state index is 0.0219. The van der Waals surface area contributed by atoms with Gasteiger partial charge in [-0.15, -0.1) is 0 Å². The molecule has 7 heteroatoms. The second-order valence-electron chi connectivity index (χ2n) is 4.13. The molecule has 0 fully saturated rings. The Morgan fingerprint density at radius 1 is 1.35 bits per heavy atom. The van der Waals surface area contributed by atoms with Crippen LogP contribution in [0.2, 0.25) is 0 Å². The predicted molar refractivity (Wildman–Crippen MR) is 72.8 cm³/mol. The number of nitrogens with one attached hydrogen (secondary N) is 2. The van der Waals surface area contributed by atoms with Crippen LogP contribution in [0.15, 0.2) is 35.5 Å². The maximum atomic E-state index is 10.9. The predicted octanol–water partition coefficient (Wildman–Crippen LogP) is 2.05. The highest BCUT2D eigenvalue weighted by Gasteiger charge is 2.12.